The number of hydrogen-bond acceptors (Lipinski definition) is 4. The molecular weight excluding hydrogens is 242 g/mol. The number of carbonyl (C=O) groups is 2. The number of rotatable bonds is 3. The van der Waals surface area contributed by atoms with Gasteiger partial charge in [-0.25, -0.2) is 0 Å². The van der Waals surface area contributed by atoms with E-state index >= 15 is 0 Å². The van der Waals surface area contributed by atoms with E-state index in [9.17, 15) is 9.59 Å². The summed E-state index contributed by atoms with van der Waals surface area (Å²) in [5, 5.41) is 0. The Balaban J connectivity index is 1.67. The van der Waals surface area contributed by atoms with Crippen molar-refractivity contribution in [2.75, 3.05) is 26.2 Å². The van der Waals surface area contributed by atoms with E-state index in [1.165, 1.54) is 4.90 Å². The molecule has 3 rings (SSSR count). The van der Waals surface area contributed by atoms with Crippen LogP contribution in [0.25, 0.3) is 0 Å². The molecule has 1 fully saturated rings. The molecule has 1 atom stereocenters. The fraction of sp³-hybridized carbons (Fsp3) is 0.429. The highest BCUT2D eigenvalue weighted by Gasteiger charge is 2.35. The van der Waals surface area contributed by atoms with Gasteiger partial charge in [0.25, 0.3) is 11.8 Å². The minimum Gasteiger partial charge on any atom is -0.326 e. The number of imide groups is 1. The molecule has 2 amide bonds. The third-order valence-electron chi connectivity index (χ3n) is 3.83. The maximum Gasteiger partial charge on any atom is 0.261 e. The zero-order valence-electron chi connectivity index (χ0n) is 10.7. The predicted molar refractivity (Wildman–Crippen MR) is 70.8 cm³/mol. The summed E-state index contributed by atoms with van der Waals surface area (Å²) in [4.78, 5) is 27.8. The summed E-state index contributed by atoms with van der Waals surface area (Å²) in [5.74, 6) is -0.354. The molecule has 100 valence electrons. The molecule has 0 saturated carbocycles. The van der Waals surface area contributed by atoms with Crippen LogP contribution in [0.2, 0.25) is 0 Å². The van der Waals surface area contributed by atoms with Crippen molar-refractivity contribution in [1.29, 1.82) is 0 Å². The molecule has 19 heavy (non-hydrogen) atoms. The lowest BCUT2D eigenvalue weighted by molar-refractivity contribution is 0.0640. The highest BCUT2D eigenvalue weighted by Crippen LogP contribution is 2.22. The fourth-order valence-electron chi connectivity index (χ4n) is 2.75. The van der Waals surface area contributed by atoms with Crippen LogP contribution in [0.5, 0.6) is 0 Å². The van der Waals surface area contributed by atoms with Crippen LogP contribution in [-0.4, -0.2) is 53.8 Å². The van der Waals surface area contributed by atoms with Gasteiger partial charge in [0.1, 0.15) is 0 Å². The molecule has 1 aromatic rings. The largest absolute Gasteiger partial charge is 0.326 e. The average molecular weight is 259 g/mol. The fourth-order valence-corrected chi connectivity index (χ4v) is 2.75. The summed E-state index contributed by atoms with van der Waals surface area (Å²) in [7, 11) is 0. The van der Waals surface area contributed by atoms with Crippen molar-refractivity contribution in [3.8, 4) is 0 Å². The Morgan fingerprint density at radius 2 is 1.74 bits per heavy atom. The summed E-state index contributed by atoms with van der Waals surface area (Å²) in [6, 6.07) is 7.21. The van der Waals surface area contributed by atoms with E-state index in [1.807, 2.05) is 0 Å². The Morgan fingerprint density at radius 3 is 2.26 bits per heavy atom. The Hall–Kier alpha value is -1.72. The lowest BCUT2D eigenvalue weighted by Gasteiger charge is -2.19. The van der Waals surface area contributed by atoms with Crippen LogP contribution in [0.3, 0.4) is 0 Å². The molecule has 1 unspecified atom stereocenters. The molecule has 5 heteroatoms. The summed E-state index contributed by atoms with van der Waals surface area (Å²) in [6.45, 7) is 2.95. The third-order valence-corrected chi connectivity index (χ3v) is 3.83. The molecule has 0 aromatic heterocycles. The molecule has 1 aromatic carbocycles. The number of hydrogen-bond donors (Lipinski definition) is 1. The van der Waals surface area contributed by atoms with Gasteiger partial charge >= 0.3 is 0 Å². The van der Waals surface area contributed by atoms with Crippen LogP contribution >= 0.6 is 0 Å². The van der Waals surface area contributed by atoms with Gasteiger partial charge in [-0.3, -0.25) is 19.4 Å². The third kappa shape index (κ3) is 2.15. The first-order chi connectivity index (χ1) is 9.16. The lowest BCUT2D eigenvalue weighted by atomic mass is 10.1. The minimum absolute atomic E-state index is 0.177. The van der Waals surface area contributed by atoms with Gasteiger partial charge in [-0.05, 0) is 25.1 Å². The van der Waals surface area contributed by atoms with Crippen molar-refractivity contribution in [2.45, 2.75) is 12.5 Å². The second-order valence-corrected chi connectivity index (χ2v) is 5.16. The maximum atomic E-state index is 12.1. The molecule has 5 nitrogen and oxygen atoms in total. The summed E-state index contributed by atoms with van der Waals surface area (Å²) >= 11 is 0. The number of nitrogens with zero attached hydrogens (tertiary/aromatic N) is 2. The van der Waals surface area contributed by atoms with Gasteiger partial charge in [0.05, 0.1) is 11.1 Å². The number of nitrogens with two attached hydrogens (primary N) is 1. The monoisotopic (exact) mass is 259 g/mol. The van der Waals surface area contributed by atoms with E-state index in [0.717, 1.165) is 19.5 Å². The molecule has 2 aliphatic heterocycles. The van der Waals surface area contributed by atoms with E-state index in [4.69, 9.17) is 5.73 Å². The van der Waals surface area contributed by atoms with Crippen molar-refractivity contribution >= 4 is 11.8 Å². The predicted octanol–water partition coefficient (Wildman–Crippen LogP) is 0.316. The van der Waals surface area contributed by atoms with Gasteiger partial charge in [0, 0.05) is 25.7 Å². The molecule has 0 radical (unpaired) electrons. The van der Waals surface area contributed by atoms with Crippen molar-refractivity contribution < 1.29 is 9.59 Å². The Labute approximate surface area is 112 Å². The van der Waals surface area contributed by atoms with E-state index in [2.05, 4.69) is 4.90 Å². The second kappa shape index (κ2) is 4.75. The number of amides is 2. The van der Waals surface area contributed by atoms with Gasteiger partial charge in [0.15, 0.2) is 0 Å². The van der Waals surface area contributed by atoms with Gasteiger partial charge in [-0.15, -0.1) is 0 Å². The number of likely N-dealkylation sites (tertiary alicyclic amines) is 1. The van der Waals surface area contributed by atoms with Crippen LogP contribution in [0.1, 0.15) is 27.1 Å². The van der Waals surface area contributed by atoms with E-state index in [1.54, 1.807) is 24.3 Å². The van der Waals surface area contributed by atoms with E-state index in [-0.39, 0.29) is 17.9 Å². The van der Waals surface area contributed by atoms with Gasteiger partial charge < -0.3 is 5.73 Å². The summed E-state index contributed by atoms with van der Waals surface area (Å²) in [5.41, 5.74) is 6.88. The normalized spacial score (nSPS) is 23.2. The van der Waals surface area contributed by atoms with Crippen LogP contribution < -0.4 is 5.73 Å². The summed E-state index contributed by atoms with van der Waals surface area (Å²) in [6.07, 6.45) is 0.988. The highest BCUT2D eigenvalue weighted by molar-refractivity contribution is 6.21. The van der Waals surface area contributed by atoms with Crippen molar-refractivity contribution in [3.63, 3.8) is 0 Å². The molecule has 2 N–H and O–H groups in total. The SMILES string of the molecule is NC1CCN(CCN2C(=O)c3ccccc3C2=O)C1. The highest BCUT2D eigenvalue weighted by atomic mass is 16.2. The first kappa shape index (κ1) is 12.3. The molecule has 0 bridgehead atoms. The zero-order valence-corrected chi connectivity index (χ0v) is 10.7. The van der Waals surface area contributed by atoms with Crippen molar-refractivity contribution in [1.82, 2.24) is 9.80 Å². The topological polar surface area (TPSA) is 66.6 Å². The standard InChI is InChI=1S/C14H17N3O2/c15-10-5-6-16(9-10)7-8-17-13(18)11-3-1-2-4-12(11)14(17)19/h1-4,10H,5-9,15H2. The molecule has 2 heterocycles. The number of carbonyl (C=O) groups excluding carboxylic acids is 2. The van der Waals surface area contributed by atoms with Crippen LogP contribution in [0.15, 0.2) is 24.3 Å². The van der Waals surface area contributed by atoms with E-state index < -0.39 is 0 Å². The van der Waals surface area contributed by atoms with Crippen LogP contribution in [0.4, 0.5) is 0 Å². The van der Waals surface area contributed by atoms with E-state index in [0.29, 0.717) is 24.2 Å². The first-order valence-corrected chi connectivity index (χ1v) is 6.60. The second-order valence-electron chi connectivity index (χ2n) is 5.16. The Kier molecular flexibility index (Phi) is 3.08. The zero-order chi connectivity index (χ0) is 13.4. The number of fused-ring (bicyclic) bond motifs is 1. The van der Waals surface area contributed by atoms with Crippen molar-refractivity contribution in [2.24, 2.45) is 5.73 Å². The Morgan fingerprint density at radius 1 is 1.11 bits per heavy atom. The van der Waals surface area contributed by atoms with Gasteiger partial charge in [-0.1, -0.05) is 12.1 Å². The average Bonchev–Trinajstić information content (AvgIpc) is 2.93. The molecule has 0 aliphatic carbocycles. The maximum absolute atomic E-state index is 12.1. The molecular formula is C14H17N3O2. The smallest absolute Gasteiger partial charge is 0.261 e. The lowest BCUT2D eigenvalue weighted by Crippen LogP contribution is -2.38. The van der Waals surface area contributed by atoms with Gasteiger partial charge in [-0.2, -0.15) is 0 Å². The van der Waals surface area contributed by atoms with Crippen LogP contribution in [-0.2, 0) is 0 Å². The Bertz CT molecular complexity index is 494. The number of benzene rings is 1. The minimum atomic E-state index is -0.177. The van der Waals surface area contributed by atoms with Crippen LogP contribution in [0, 0.1) is 0 Å². The van der Waals surface area contributed by atoms with Crippen molar-refractivity contribution in [3.05, 3.63) is 35.4 Å². The first-order valence-electron chi connectivity index (χ1n) is 6.60. The molecule has 1 saturated heterocycles. The molecule has 0 spiro atoms. The summed E-state index contributed by atoms with van der Waals surface area (Å²) < 4.78 is 0. The molecule has 2 aliphatic rings. The van der Waals surface area contributed by atoms with Gasteiger partial charge in [0.2, 0.25) is 0 Å². The quantitative estimate of drug-likeness (QED) is 0.794.